The van der Waals surface area contributed by atoms with Gasteiger partial charge >= 0.3 is 0 Å². The fourth-order valence-corrected chi connectivity index (χ4v) is 1.86. The zero-order valence-corrected chi connectivity index (χ0v) is 10.9. The van der Waals surface area contributed by atoms with Crippen LogP contribution in [0.3, 0.4) is 0 Å². The fourth-order valence-electron chi connectivity index (χ4n) is 1.49. The van der Waals surface area contributed by atoms with Crippen LogP contribution in [0.2, 0.25) is 0 Å². The summed E-state index contributed by atoms with van der Waals surface area (Å²) < 4.78 is 27.2. The average Bonchev–Trinajstić information content (AvgIpc) is 2.28. The Morgan fingerprint density at radius 1 is 1.25 bits per heavy atom. The second-order valence-corrected chi connectivity index (χ2v) is 4.53. The van der Waals surface area contributed by atoms with Crippen LogP contribution in [-0.2, 0) is 6.42 Å². The molecule has 16 heavy (non-hydrogen) atoms. The Morgan fingerprint density at radius 3 is 2.69 bits per heavy atom. The van der Waals surface area contributed by atoms with Gasteiger partial charge in [0.15, 0.2) is 0 Å². The van der Waals surface area contributed by atoms with Gasteiger partial charge in [-0.05, 0) is 60.4 Å². The molecule has 1 N–H and O–H groups in total. The molecule has 0 spiro atoms. The molecule has 0 aliphatic heterocycles. The molecule has 4 heteroatoms. The van der Waals surface area contributed by atoms with Gasteiger partial charge in [-0.3, -0.25) is 0 Å². The standard InChI is InChI=1S/C12H16BrF2N/c1-2-7-16-8-3-4-9-11(14)6-5-10(13)12(9)15/h5-6,16H,2-4,7-8H2,1H3. The molecule has 0 amide bonds. The summed E-state index contributed by atoms with van der Waals surface area (Å²) in [6, 6.07) is 2.69. The molecule has 0 bridgehead atoms. The lowest BCUT2D eigenvalue weighted by molar-refractivity contribution is 0.540. The average molecular weight is 292 g/mol. The summed E-state index contributed by atoms with van der Waals surface area (Å²) in [7, 11) is 0. The van der Waals surface area contributed by atoms with Crippen molar-refractivity contribution in [2.75, 3.05) is 13.1 Å². The van der Waals surface area contributed by atoms with Crippen LogP contribution in [0.4, 0.5) is 8.78 Å². The molecule has 0 aliphatic carbocycles. The SMILES string of the molecule is CCCNCCCc1c(F)ccc(Br)c1F. The smallest absolute Gasteiger partial charge is 0.143 e. The summed E-state index contributed by atoms with van der Waals surface area (Å²) in [6.07, 6.45) is 2.23. The Hall–Kier alpha value is -0.480. The second-order valence-electron chi connectivity index (χ2n) is 3.68. The van der Waals surface area contributed by atoms with Crippen molar-refractivity contribution in [3.8, 4) is 0 Å². The van der Waals surface area contributed by atoms with Crippen LogP contribution in [0.5, 0.6) is 0 Å². The van der Waals surface area contributed by atoms with E-state index >= 15 is 0 Å². The Kier molecular flexibility index (Phi) is 5.91. The Bertz CT molecular complexity index is 342. The van der Waals surface area contributed by atoms with E-state index in [4.69, 9.17) is 0 Å². The van der Waals surface area contributed by atoms with Gasteiger partial charge in [0.25, 0.3) is 0 Å². The van der Waals surface area contributed by atoms with Crippen molar-refractivity contribution in [3.63, 3.8) is 0 Å². The van der Waals surface area contributed by atoms with Gasteiger partial charge in [-0.1, -0.05) is 6.92 Å². The van der Waals surface area contributed by atoms with Crippen molar-refractivity contribution < 1.29 is 8.78 Å². The van der Waals surface area contributed by atoms with Crippen LogP contribution < -0.4 is 5.32 Å². The Morgan fingerprint density at radius 2 is 2.00 bits per heavy atom. The summed E-state index contributed by atoms with van der Waals surface area (Å²) in [6.45, 7) is 3.82. The second kappa shape index (κ2) is 6.97. The first-order valence-electron chi connectivity index (χ1n) is 5.50. The van der Waals surface area contributed by atoms with E-state index in [1.165, 1.54) is 12.1 Å². The molecule has 1 aromatic carbocycles. The lowest BCUT2D eigenvalue weighted by Crippen LogP contribution is -2.16. The Labute approximate surface area is 103 Å². The molecule has 0 radical (unpaired) electrons. The number of hydrogen-bond donors (Lipinski definition) is 1. The zero-order valence-electron chi connectivity index (χ0n) is 9.32. The van der Waals surface area contributed by atoms with Crippen LogP contribution in [0.15, 0.2) is 16.6 Å². The molecule has 0 atom stereocenters. The van der Waals surface area contributed by atoms with Crippen molar-refractivity contribution in [1.82, 2.24) is 5.32 Å². The van der Waals surface area contributed by atoms with Crippen LogP contribution in [0, 0.1) is 11.6 Å². The number of halogens is 3. The Balaban J connectivity index is 2.50. The lowest BCUT2D eigenvalue weighted by atomic mass is 10.1. The highest BCUT2D eigenvalue weighted by atomic mass is 79.9. The normalized spacial score (nSPS) is 10.8. The van der Waals surface area contributed by atoms with Gasteiger partial charge in [0.1, 0.15) is 11.6 Å². The van der Waals surface area contributed by atoms with E-state index in [-0.39, 0.29) is 5.56 Å². The van der Waals surface area contributed by atoms with Gasteiger partial charge in [0.05, 0.1) is 4.47 Å². The van der Waals surface area contributed by atoms with Crippen molar-refractivity contribution in [3.05, 3.63) is 33.8 Å². The van der Waals surface area contributed by atoms with E-state index in [2.05, 4.69) is 28.2 Å². The topological polar surface area (TPSA) is 12.0 Å². The van der Waals surface area contributed by atoms with E-state index < -0.39 is 11.6 Å². The van der Waals surface area contributed by atoms with Gasteiger partial charge < -0.3 is 5.32 Å². The minimum absolute atomic E-state index is 0.174. The molecule has 0 aromatic heterocycles. The third-order valence-electron chi connectivity index (χ3n) is 2.35. The molecule has 90 valence electrons. The minimum atomic E-state index is -0.476. The quantitative estimate of drug-likeness (QED) is 0.623. The minimum Gasteiger partial charge on any atom is -0.317 e. The predicted octanol–water partition coefficient (Wildman–Crippen LogP) is 3.66. The monoisotopic (exact) mass is 291 g/mol. The highest BCUT2D eigenvalue weighted by Crippen LogP contribution is 2.22. The molecule has 0 heterocycles. The molecule has 0 fully saturated rings. The number of benzene rings is 1. The van der Waals surface area contributed by atoms with Gasteiger partial charge in [0, 0.05) is 5.56 Å². The van der Waals surface area contributed by atoms with E-state index in [1.54, 1.807) is 0 Å². The molecule has 1 rings (SSSR count). The first-order valence-corrected chi connectivity index (χ1v) is 6.29. The molecule has 0 saturated carbocycles. The van der Waals surface area contributed by atoms with Crippen molar-refractivity contribution >= 4 is 15.9 Å². The fraction of sp³-hybridized carbons (Fsp3) is 0.500. The van der Waals surface area contributed by atoms with Gasteiger partial charge in [-0.2, -0.15) is 0 Å². The highest BCUT2D eigenvalue weighted by Gasteiger charge is 2.11. The molecule has 0 unspecified atom stereocenters. The first kappa shape index (κ1) is 13.6. The van der Waals surface area contributed by atoms with Crippen LogP contribution in [0.25, 0.3) is 0 Å². The van der Waals surface area contributed by atoms with Crippen molar-refractivity contribution in [2.24, 2.45) is 0 Å². The van der Waals surface area contributed by atoms with Crippen molar-refractivity contribution in [2.45, 2.75) is 26.2 Å². The number of hydrogen-bond acceptors (Lipinski definition) is 1. The van der Waals surface area contributed by atoms with Crippen LogP contribution in [0.1, 0.15) is 25.3 Å². The lowest BCUT2D eigenvalue weighted by Gasteiger charge is -2.07. The summed E-state index contributed by atoms with van der Waals surface area (Å²) in [5, 5.41) is 3.20. The van der Waals surface area contributed by atoms with E-state index in [1.807, 2.05) is 0 Å². The molecular weight excluding hydrogens is 276 g/mol. The number of nitrogens with one attached hydrogen (secondary N) is 1. The third-order valence-corrected chi connectivity index (χ3v) is 2.96. The van der Waals surface area contributed by atoms with Crippen LogP contribution in [-0.4, -0.2) is 13.1 Å². The van der Waals surface area contributed by atoms with E-state index in [9.17, 15) is 8.78 Å². The first-order chi connectivity index (χ1) is 7.66. The largest absolute Gasteiger partial charge is 0.317 e. The maximum absolute atomic E-state index is 13.5. The maximum Gasteiger partial charge on any atom is 0.143 e. The predicted molar refractivity (Wildman–Crippen MR) is 65.5 cm³/mol. The number of rotatable bonds is 6. The zero-order chi connectivity index (χ0) is 12.0. The molecule has 0 saturated heterocycles. The third kappa shape index (κ3) is 3.83. The molecule has 1 nitrogen and oxygen atoms in total. The molecule has 1 aromatic rings. The molecule has 0 aliphatic rings. The maximum atomic E-state index is 13.5. The van der Waals surface area contributed by atoms with E-state index in [0.29, 0.717) is 10.9 Å². The van der Waals surface area contributed by atoms with Gasteiger partial charge in [-0.15, -0.1) is 0 Å². The van der Waals surface area contributed by atoms with Crippen LogP contribution >= 0.6 is 15.9 Å². The summed E-state index contributed by atoms with van der Waals surface area (Å²) >= 11 is 3.06. The summed E-state index contributed by atoms with van der Waals surface area (Å²) in [5.74, 6) is -0.938. The summed E-state index contributed by atoms with van der Waals surface area (Å²) in [4.78, 5) is 0. The van der Waals surface area contributed by atoms with Gasteiger partial charge in [0.2, 0.25) is 0 Å². The highest BCUT2D eigenvalue weighted by molar-refractivity contribution is 9.10. The van der Waals surface area contributed by atoms with Gasteiger partial charge in [-0.25, -0.2) is 8.78 Å². The summed E-state index contributed by atoms with van der Waals surface area (Å²) in [5.41, 5.74) is 0.174. The van der Waals surface area contributed by atoms with E-state index in [0.717, 1.165) is 25.9 Å². The van der Waals surface area contributed by atoms with Crippen molar-refractivity contribution in [1.29, 1.82) is 0 Å². The molecular formula is C12H16BrF2N.